The van der Waals surface area contributed by atoms with E-state index in [1.165, 1.54) is 5.69 Å². The summed E-state index contributed by atoms with van der Waals surface area (Å²) in [4.78, 5) is 11.5. The van der Waals surface area contributed by atoms with Crippen molar-refractivity contribution in [3.8, 4) is 0 Å². The van der Waals surface area contributed by atoms with E-state index in [0.717, 1.165) is 48.8 Å². The molecule has 1 N–H and O–H groups in total. The number of carboxylic acid groups (broad SMARTS) is 1. The molecule has 0 saturated heterocycles. The van der Waals surface area contributed by atoms with Gasteiger partial charge in [0.1, 0.15) is 0 Å². The van der Waals surface area contributed by atoms with Gasteiger partial charge in [-0.2, -0.15) is 5.10 Å². The summed E-state index contributed by atoms with van der Waals surface area (Å²) in [6.07, 6.45) is 4.54. The molecular formula is C16H25BrN2O2. The molecule has 0 spiro atoms. The SMILES string of the molecule is CCc1nn(CC)c(CC2CC(C)CCC2C(=O)O)c1Br. The summed E-state index contributed by atoms with van der Waals surface area (Å²) in [6.45, 7) is 7.24. The Bertz CT molecular complexity index is 513. The third-order valence-electron chi connectivity index (χ3n) is 4.71. The van der Waals surface area contributed by atoms with Gasteiger partial charge in [-0.25, -0.2) is 0 Å². The highest BCUT2D eigenvalue weighted by atomic mass is 79.9. The number of aromatic nitrogens is 2. The van der Waals surface area contributed by atoms with Gasteiger partial charge in [-0.3, -0.25) is 9.48 Å². The maximum Gasteiger partial charge on any atom is 0.306 e. The molecule has 0 aromatic carbocycles. The molecule has 1 saturated carbocycles. The molecule has 0 amide bonds. The van der Waals surface area contributed by atoms with E-state index in [0.29, 0.717) is 5.92 Å². The number of carbonyl (C=O) groups is 1. The van der Waals surface area contributed by atoms with Crippen molar-refractivity contribution in [3.63, 3.8) is 0 Å². The number of hydrogen-bond donors (Lipinski definition) is 1. The van der Waals surface area contributed by atoms with E-state index in [1.807, 2.05) is 4.68 Å². The number of carboxylic acids is 1. The molecule has 0 aliphatic heterocycles. The van der Waals surface area contributed by atoms with Crippen LogP contribution in [0.15, 0.2) is 4.47 Å². The quantitative estimate of drug-likeness (QED) is 0.869. The van der Waals surface area contributed by atoms with Crippen molar-refractivity contribution in [2.75, 3.05) is 0 Å². The van der Waals surface area contributed by atoms with Crippen LogP contribution in [0.2, 0.25) is 0 Å². The number of rotatable bonds is 5. The summed E-state index contributed by atoms with van der Waals surface area (Å²) in [5, 5.41) is 14.1. The molecule has 2 rings (SSSR count). The van der Waals surface area contributed by atoms with Gasteiger partial charge in [0.25, 0.3) is 0 Å². The standard InChI is InChI=1S/C16H25BrN2O2/c1-4-13-15(17)14(19(5-2)18-13)9-11-8-10(3)6-7-12(11)16(20)21/h10-12H,4-9H2,1-3H3,(H,20,21). The van der Waals surface area contributed by atoms with Gasteiger partial charge >= 0.3 is 5.97 Å². The fourth-order valence-corrected chi connectivity index (χ4v) is 4.24. The predicted octanol–water partition coefficient (Wildman–Crippen LogP) is 3.91. The lowest BCUT2D eigenvalue weighted by Gasteiger charge is -2.32. The molecule has 5 heteroatoms. The zero-order chi connectivity index (χ0) is 15.6. The Morgan fingerprint density at radius 2 is 2.14 bits per heavy atom. The lowest BCUT2D eigenvalue weighted by molar-refractivity contribution is -0.145. The number of aryl methyl sites for hydroxylation is 2. The van der Waals surface area contributed by atoms with Gasteiger partial charge in [0.2, 0.25) is 0 Å². The van der Waals surface area contributed by atoms with E-state index in [1.54, 1.807) is 0 Å². The van der Waals surface area contributed by atoms with E-state index in [2.05, 4.69) is 41.8 Å². The van der Waals surface area contributed by atoms with Crippen LogP contribution in [-0.4, -0.2) is 20.9 Å². The molecule has 3 unspecified atom stereocenters. The molecule has 1 aromatic rings. The lowest BCUT2D eigenvalue weighted by Crippen LogP contribution is -2.32. The van der Waals surface area contributed by atoms with Crippen LogP contribution in [0.1, 0.15) is 51.4 Å². The minimum absolute atomic E-state index is 0.210. The first-order chi connectivity index (χ1) is 9.97. The van der Waals surface area contributed by atoms with Crippen molar-refractivity contribution in [1.29, 1.82) is 0 Å². The maximum absolute atomic E-state index is 11.5. The second-order valence-corrected chi connectivity index (χ2v) is 7.00. The van der Waals surface area contributed by atoms with Crippen molar-refractivity contribution in [2.45, 2.75) is 59.4 Å². The third kappa shape index (κ3) is 3.50. The van der Waals surface area contributed by atoms with E-state index in [-0.39, 0.29) is 11.8 Å². The lowest BCUT2D eigenvalue weighted by atomic mass is 9.73. The van der Waals surface area contributed by atoms with Crippen molar-refractivity contribution < 1.29 is 9.90 Å². The highest BCUT2D eigenvalue weighted by Crippen LogP contribution is 2.37. The van der Waals surface area contributed by atoms with Gasteiger partial charge < -0.3 is 5.11 Å². The summed E-state index contributed by atoms with van der Waals surface area (Å²) in [5.74, 6) is -0.0121. The summed E-state index contributed by atoms with van der Waals surface area (Å²) in [5.41, 5.74) is 2.24. The first-order valence-corrected chi connectivity index (χ1v) is 8.74. The molecule has 1 aliphatic carbocycles. The van der Waals surface area contributed by atoms with Gasteiger partial charge in [0.15, 0.2) is 0 Å². The van der Waals surface area contributed by atoms with E-state index in [4.69, 9.17) is 0 Å². The Labute approximate surface area is 135 Å². The second-order valence-electron chi connectivity index (χ2n) is 6.20. The first-order valence-electron chi connectivity index (χ1n) is 7.94. The number of nitrogens with zero attached hydrogens (tertiary/aromatic N) is 2. The first kappa shape index (κ1) is 16.5. The topological polar surface area (TPSA) is 55.1 Å². The van der Waals surface area contributed by atoms with Crippen LogP contribution in [0.25, 0.3) is 0 Å². The van der Waals surface area contributed by atoms with E-state index >= 15 is 0 Å². The normalized spacial score (nSPS) is 26.0. The molecule has 1 aliphatic rings. The third-order valence-corrected chi connectivity index (χ3v) is 5.63. The molecule has 1 fully saturated rings. The number of halogens is 1. The molecular weight excluding hydrogens is 332 g/mol. The average molecular weight is 357 g/mol. The van der Waals surface area contributed by atoms with Gasteiger partial charge in [0, 0.05) is 6.54 Å². The van der Waals surface area contributed by atoms with Crippen LogP contribution in [0.5, 0.6) is 0 Å². The van der Waals surface area contributed by atoms with Crippen LogP contribution >= 0.6 is 15.9 Å². The fraction of sp³-hybridized carbons (Fsp3) is 0.750. The summed E-state index contributed by atoms with van der Waals surface area (Å²) < 4.78 is 3.11. The molecule has 1 heterocycles. The van der Waals surface area contributed by atoms with Gasteiger partial charge in [0.05, 0.1) is 21.8 Å². The molecule has 0 radical (unpaired) electrons. The van der Waals surface area contributed by atoms with Gasteiger partial charge in [-0.1, -0.05) is 13.8 Å². The second kappa shape index (κ2) is 6.95. The van der Waals surface area contributed by atoms with Crippen LogP contribution in [0.3, 0.4) is 0 Å². The minimum atomic E-state index is -0.638. The van der Waals surface area contributed by atoms with Gasteiger partial charge in [-0.15, -0.1) is 0 Å². The van der Waals surface area contributed by atoms with Crippen molar-refractivity contribution in [3.05, 3.63) is 15.9 Å². The summed E-state index contributed by atoms with van der Waals surface area (Å²) in [7, 11) is 0. The maximum atomic E-state index is 11.5. The smallest absolute Gasteiger partial charge is 0.306 e. The Hall–Kier alpha value is -0.840. The highest BCUT2D eigenvalue weighted by Gasteiger charge is 2.34. The largest absolute Gasteiger partial charge is 0.481 e. The van der Waals surface area contributed by atoms with Crippen LogP contribution in [-0.2, 0) is 24.2 Å². The zero-order valence-corrected chi connectivity index (χ0v) is 14.7. The Balaban J connectivity index is 2.26. The van der Waals surface area contributed by atoms with Crippen molar-refractivity contribution >= 4 is 21.9 Å². The van der Waals surface area contributed by atoms with E-state index < -0.39 is 5.97 Å². The number of aliphatic carboxylic acids is 1. The summed E-state index contributed by atoms with van der Waals surface area (Å²) >= 11 is 3.67. The highest BCUT2D eigenvalue weighted by molar-refractivity contribution is 9.10. The number of hydrogen-bond acceptors (Lipinski definition) is 2. The fourth-order valence-electron chi connectivity index (χ4n) is 3.51. The molecule has 3 atom stereocenters. The monoisotopic (exact) mass is 356 g/mol. The average Bonchev–Trinajstić information content (AvgIpc) is 2.75. The Morgan fingerprint density at radius 3 is 2.71 bits per heavy atom. The molecule has 0 bridgehead atoms. The van der Waals surface area contributed by atoms with Gasteiger partial charge in [-0.05, 0) is 66.8 Å². The Kier molecular flexibility index (Phi) is 5.47. The zero-order valence-electron chi connectivity index (χ0n) is 13.1. The van der Waals surface area contributed by atoms with Crippen LogP contribution < -0.4 is 0 Å². The van der Waals surface area contributed by atoms with Crippen molar-refractivity contribution in [1.82, 2.24) is 9.78 Å². The van der Waals surface area contributed by atoms with Crippen LogP contribution in [0, 0.1) is 17.8 Å². The molecule has 21 heavy (non-hydrogen) atoms. The van der Waals surface area contributed by atoms with E-state index in [9.17, 15) is 9.90 Å². The summed E-state index contributed by atoms with van der Waals surface area (Å²) in [6, 6.07) is 0. The van der Waals surface area contributed by atoms with Crippen molar-refractivity contribution in [2.24, 2.45) is 17.8 Å². The Morgan fingerprint density at radius 1 is 1.43 bits per heavy atom. The predicted molar refractivity (Wildman–Crippen MR) is 86.3 cm³/mol. The van der Waals surface area contributed by atoms with Crippen LogP contribution in [0.4, 0.5) is 0 Å². The molecule has 118 valence electrons. The molecule has 1 aromatic heterocycles. The molecule has 4 nitrogen and oxygen atoms in total. The minimum Gasteiger partial charge on any atom is -0.481 e.